The number of aliphatic carboxylic acids is 1. The second-order valence-electron chi connectivity index (χ2n) is 7.28. The third-order valence-corrected chi connectivity index (χ3v) is 6.04. The van der Waals surface area contributed by atoms with Crippen molar-refractivity contribution < 1.29 is 14.7 Å². The van der Waals surface area contributed by atoms with Gasteiger partial charge in [0.05, 0.1) is 5.41 Å². The van der Waals surface area contributed by atoms with E-state index in [0.29, 0.717) is 36.4 Å². The Morgan fingerprint density at radius 2 is 2.00 bits per heavy atom. The maximum Gasteiger partial charge on any atom is 0.309 e. The van der Waals surface area contributed by atoms with Crippen LogP contribution in [0.4, 0.5) is 0 Å². The normalized spacial score (nSPS) is 36.2. The van der Waals surface area contributed by atoms with E-state index in [1.807, 2.05) is 6.92 Å². The van der Waals surface area contributed by atoms with Crippen LogP contribution in [0.3, 0.4) is 0 Å². The highest BCUT2D eigenvalue weighted by atomic mass is 16.4. The second-order valence-corrected chi connectivity index (χ2v) is 7.28. The number of allylic oxidation sites excluding steroid dienone is 2. The summed E-state index contributed by atoms with van der Waals surface area (Å²) in [5, 5.41) is 9.78. The van der Waals surface area contributed by atoms with E-state index < -0.39 is 11.4 Å². The molecular weight excluding hydrogens is 252 g/mol. The van der Waals surface area contributed by atoms with Gasteiger partial charge >= 0.3 is 5.97 Å². The summed E-state index contributed by atoms with van der Waals surface area (Å²) in [6, 6.07) is 0. The maximum atomic E-state index is 11.9. The molecule has 4 unspecified atom stereocenters. The van der Waals surface area contributed by atoms with Crippen LogP contribution in [0.15, 0.2) is 12.2 Å². The van der Waals surface area contributed by atoms with Crippen LogP contribution in [0.5, 0.6) is 0 Å². The molecule has 20 heavy (non-hydrogen) atoms. The molecule has 0 aromatic carbocycles. The molecule has 0 amide bonds. The monoisotopic (exact) mass is 276 g/mol. The fourth-order valence-electron chi connectivity index (χ4n) is 4.68. The highest BCUT2D eigenvalue weighted by Crippen LogP contribution is 2.51. The van der Waals surface area contributed by atoms with Crippen LogP contribution in [-0.2, 0) is 9.59 Å². The standard InChI is InChI=1S/C17H24O3/c1-17(16(19)20,14-4-6-15(18)7-5-14)10-13-9-11-2-3-12(13)8-11/h2-3,11-14H,4-10H2,1H3,(H,19,20). The van der Waals surface area contributed by atoms with Crippen molar-refractivity contribution in [2.45, 2.75) is 51.9 Å². The maximum absolute atomic E-state index is 11.9. The summed E-state index contributed by atoms with van der Waals surface area (Å²) < 4.78 is 0. The van der Waals surface area contributed by atoms with Crippen molar-refractivity contribution >= 4 is 11.8 Å². The van der Waals surface area contributed by atoms with E-state index >= 15 is 0 Å². The molecule has 0 aliphatic heterocycles. The SMILES string of the molecule is CC(CC1CC2C=CC1C2)(C(=O)O)C1CCC(=O)CC1. The summed E-state index contributed by atoms with van der Waals surface area (Å²) in [5.74, 6) is 1.63. The second kappa shape index (κ2) is 5.01. The Morgan fingerprint density at radius 3 is 2.50 bits per heavy atom. The summed E-state index contributed by atoms with van der Waals surface area (Å²) in [5.41, 5.74) is -0.649. The lowest BCUT2D eigenvalue weighted by molar-refractivity contribution is -0.154. The van der Waals surface area contributed by atoms with Crippen molar-refractivity contribution in [2.75, 3.05) is 0 Å². The topological polar surface area (TPSA) is 54.4 Å². The van der Waals surface area contributed by atoms with Crippen LogP contribution in [0.25, 0.3) is 0 Å². The van der Waals surface area contributed by atoms with E-state index in [0.717, 1.165) is 25.7 Å². The minimum absolute atomic E-state index is 0.167. The van der Waals surface area contributed by atoms with Gasteiger partial charge in [0.1, 0.15) is 5.78 Å². The average Bonchev–Trinajstić information content (AvgIpc) is 3.01. The lowest BCUT2D eigenvalue weighted by atomic mass is 9.64. The first-order valence-electron chi connectivity index (χ1n) is 7.92. The predicted molar refractivity (Wildman–Crippen MR) is 76.2 cm³/mol. The molecule has 2 saturated carbocycles. The Balaban J connectivity index is 1.72. The van der Waals surface area contributed by atoms with Gasteiger partial charge in [0, 0.05) is 12.8 Å². The van der Waals surface area contributed by atoms with Gasteiger partial charge in [-0.15, -0.1) is 0 Å². The van der Waals surface area contributed by atoms with Crippen LogP contribution >= 0.6 is 0 Å². The van der Waals surface area contributed by atoms with Crippen molar-refractivity contribution in [3.63, 3.8) is 0 Å². The van der Waals surface area contributed by atoms with E-state index in [1.165, 1.54) is 6.42 Å². The van der Waals surface area contributed by atoms with Gasteiger partial charge in [-0.2, -0.15) is 0 Å². The van der Waals surface area contributed by atoms with E-state index in [4.69, 9.17) is 0 Å². The van der Waals surface area contributed by atoms with Gasteiger partial charge in [-0.3, -0.25) is 9.59 Å². The quantitative estimate of drug-likeness (QED) is 0.800. The highest BCUT2D eigenvalue weighted by Gasteiger charge is 2.47. The molecule has 110 valence electrons. The zero-order valence-electron chi connectivity index (χ0n) is 12.2. The van der Waals surface area contributed by atoms with E-state index in [2.05, 4.69) is 12.2 Å². The van der Waals surface area contributed by atoms with Crippen LogP contribution in [-0.4, -0.2) is 16.9 Å². The number of rotatable bonds is 4. The smallest absolute Gasteiger partial charge is 0.309 e. The van der Waals surface area contributed by atoms with Crippen LogP contribution in [0.2, 0.25) is 0 Å². The molecule has 0 aromatic rings. The molecular formula is C17H24O3. The van der Waals surface area contributed by atoms with Crippen molar-refractivity contribution in [1.29, 1.82) is 0 Å². The van der Waals surface area contributed by atoms with Gasteiger partial charge in [-0.25, -0.2) is 0 Å². The van der Waals surface area contributed by atoms with Gasteiger partial charge in [0.25, 0.3) is 0 Å². The summed E-state index contributed by atoms with van der Waals surface area (Å²) in [6.07, 6.45) is 10.4. The van der Waals surface area contributed by atoms with Crippen molar-refractivity contribution in [2.24, 2.45) is 29.1 Å². The lowest BCUT2D eigenvalue weighted by Crippen LogP contribution is -2.40. The number of carboxylic acid groups (broad SMARTS) is 1. The molecule has 3 heteroatoms. The Labute approximate surface area is 120 Å². The summed E-state index contributed by atoms with van der Waals surface area (Å²) in [7, 11) is 0. The summed E-state index contributed by atoms with van der Waals surface area (Å²) in [4.78, 5) is 23.3. The number of hydrogen-bond acceptors (Lipinski definition) is 2. The molecule has 1 N–H and O–H groups in total. The van der Waals surface area contributed by atoms with Gasteiger partial charge in [-0.1, -0.05) is 12.2 Å². The molecule has 0 saturated heterocycles. The molecule has 0 radical (unpaired) electrons. The molecule has 3 nitrogen and oxygen atoms in total. The number of fused-ring (bicyclic) bond motifs is 2. The van der Waals surface area contributed by atoms with Gasteiger partial charge in [0.2, 0.25) is 0 Å². The lowest BCUT2D eigenvalue weighted by Gasteiger charge is -2.39. The van der Waals surface area contributed by atoms with Crippen LogP contribution in [0, 0.1) is 29.1 Å². The van der Waals surface area contributed by atoms with Gasteiger partial charge in [0.15, 0.2) is 0 Å². The Morgan fingerprint density at radius 1 is 1.30 bits per heavy atom. The summed E-state index contributed by atoms with van der Waals surface area (Å²) in [6.45, 7) is 1.92. The van der Waals surface area contributed by atoms with Gasteiger partial charge < -0.3 is 5.11 Å². The van der Waals surface area contributed by atoms with Crippen molar-refractivity contribution in [1.82, 2.24) is 0 Å². The van der Waals surface area contributed by atoms with Crippen LogP contribution in [0.1, 0.15) is 51.9 Å². The molecule has 3 rings (SSSR count). The fraction of sp³-hybridized carbons (Fsp3) is 0.765. The Kier molecular flexibility index (Phi) is 3.47. The molecule has 0 heterocycles. The zero-order valence-corrected chi connectivity index (χ0v) is 12.2. The molecule has 0 spiro atoms. The van der Waals surface area contributed by atoms with Crippen molar-refractivity contribution in [3.05, 3.63) is 12.2 Å². The highest BCUT2D eigenvalue weighted by molar-refractivity contribution is 5.80. The Bertz CT molecular complexity index is 443. The van der Waals surface area contributed by atoms with Crippen molar-refractivity contribution in [3.8, 4) is 0 Å². The Hall–Kier alpha value is -1.12. The van der Waals surface area contributed by atoms with Crippen LogP contribution < -0.4 is 0 Å². The molecule has 3 aliphatic rings. The number of hydrogen-bond donors (Lipinski definition) is 1. The number of carbonyl (C=O) groups is 2. The number of ketones is 1. The van der Waals surface area contributed by atoms with E-state index in [1.54, 1.807) is 0 Å². The van der Waals surface area contributed by atoms with Gasteiger partial charge in [-0.05, 0) is 62.7 Å². The minimum atomic E-state index is -0.663. The minimum Gasteiger partial charge on any atom is -0.481 e. The third-order valence-electron chi connectivity index (χ3n) is 6.04. The number of carboxylic acids is 1. The largest absolute Gasteiger partial charge is 0.481 e. The first kappa shape index (κ1) is 13.8. The van der Waals surface area contributed by atoms with E-state index in [9.17, 15) is 14.7 Å². The average molecular weight is 276 g/mol. The molecule has 2 bridgehead atoms. The predicted octanol–water partition coefficient (Wildman–Crippen LogP) is 3.44. The first-order chi connectivity index (χ1) is 9.49. The van der Waals surface area contributed by atoms with E-state index in [-0.39, 0.29) is 5.92 Å². The molecule has 2 fully saturated rings. The fourth-order valence-corrected chi connectivity index (χ4v) is 4.68. The first-order valence-corrected chi connectivity index (χ1v) is 7.92. The number of carbonyl (C=O) groups excluding carboxylic acids is 1. The summed E-state index contributed by atoms with van der Waals surface area (Å²) >= 11 is 0. The third kappa shape index (κ3) is 2.32. The molecule has 4 atom stereocenters. The zero-order chi connectivity index (χ0) is 14.3. The molecule has 3 aliphatic carbocycles. The molecule has 0 aromatic heterocycles. The number of Topliss-reactive ketones (excluding diaryl/α,β-unsaturated/α-hetero) is 1.